The molecule has 22 nitrogen and oxygen atoms in total. The molecule has 0 saturated carbocycles. The number of nitriles is 1. The van der Waals surface area contributed by atoms with Crippen LogP contribution in [0.25, 0.3) is 100 Å². The van der Waals surface area contributed by atoms with Crippen LogP contribution in [0.5, 0.6) is 0 Å². The summed E-state index contributed by atoms with van der Waals surface area (Å²) in [6, 6.07) is 79.8. The van der Waals surface area contributed by atoms with Crippen LogP contribution in [0.1, 0.15) is 53.2 Å². The van der Waals surface area contributed by atoms with Crippen molar-refractivity contribution in [1.29, 1.82) is 5.26 Å². The van der Waals surface area contributed by atoms with Gasteiger partial charge in [-0.25, -0.2) is 5.26 Å². The normalized spacial score (nSPS) is 11.9. The van der Waals surface area contributed by atoms with Gasteiger partial charge in [-0.3, -0.25) is 44.3 Å². The van der Waals surface area contributed by atoms with Crippen LogP contribution in [0.4, 0.5) is 17.6 Å². The molecular weight excluding hydrogens is 2280 g/mol. The maximum Gasteiger partial charge on any atom is 0.381 e. The first-order valence-electron chi connectivity index (χ1n) is 35.2. The van der Waals surface area contributed by atoms with Crippen molar-refractivity contribution in [1.82, 2.24) is 44.9 Å². The second-order valence-electron chi connectivity index (χ2n) is 24.4. The summed E-state index contributed by atoms with van der Waals surface area (Å²) in [4.78, 5) is 40.5. The van der Waals surface area contributed by atoms with E-state index in [-0.39, 0.29) is 108 Å². The van der Waals surface area contributed by atoms with Crippen LogP contribution in [0.2, 0.25) is 5.02 Å². The molecule has 0 saturated heterocycles. The molecule has 14 aromatic rings. The van der Waals surface area contributed by atoms with Crippen LogP contribution >= 0.6 is 11.6 Å². The van der Waals surface area contributed by atoms with E-state index in [1.807, 2.05) is 178 Å². The molecule has 6 atom stereocenters. The van der Waals surface area contributed by atoms with Gasteiger partial charge in [-0.2, -0.15) is 13.2 Å². The van der Waals surface area contributed by atoms with Gasteiger partial charge in [-0.05, 0) is 104 Å². The molecule has 14 rings (SSSR count). The number of aliphatic hydroxyl groups excluding tert-OH is 6. The Balaban J connectivity index is 0.000000357. The molecule has 119 heavy (non-hydrogen) atoms. The van der Waals surface area contributed by atoms with Crippen molar-refractivity contribution < 1.29 is 160 Å². The van der Waals surface area contributed by atoms with Crippen molar-refractivity contribution >= 4 is 55.7 Å². The summed E-state index contributed by atoms with van der Waals surface area (Å²) in [5, 5.41) is 61.7. The van der Waals surface area contributed by atoms with Crippen molar-refractivity contribution in [3.63, 3.8) is 0 Å². The van der Waals surface area contributed by atoms with Gasteiger partial charge in [0.1, 0.15) is 0 Å². The Morgan fingerprint density at radius 2 is 0.689 bits per heavy atom. The average molecular weight is 2360 g/mol. The van der Waals surface area contributed by atoms with Gasteiger partial charge < -0.3 is 64.0 Å². The molecule has 6 N–H and O–H groups in total. The maximum absolute atomic E-state index is 12.9. The Hall–Kier alpha value is -8.78. The van der Waals surface area contributed by atoms with Gasteiger partial charge in [0.15, 0.2) is 37.7 Å². The number of hydrogen-bond donors (Lipinski definition) is 6. The Morgan fingerprint density at radius 3 is 0.950 bits per heavy atom. The first kappa shape index (κ1) is 104. The molecule has 5 heterocycles. The number of methoxy groups -OCH3 is 6. The van der Waals surface area contributed by atoms with Gasteiger partial charge in [0, 0.05) is 209 Å². The number of halogens is 5. The van der Waals surface area contributed by atoms with Gasteiger partial charge in [-0.15, -0.1) is 167 Å². The number of aliphatic hydroxyl groups is 6. The largest absolute Gasteiger partial charge is 0.381 e. The number of nitrogens with zero attached hydrogens (tertiary/aromatic N) is 10. The number of pyridine rings is 1. The Bertz CT molecular complexity index is 5110. The molecule has 0 aliphatic rings. The maximum atomic E-state index is 12.9. The Labute approximate surface area is 749 Å². The van der Waals surface area contributed by atoms with E-state index >= 15 is 0 Å². The number of alkyl halides is 3. The fraction of sp³-hybridized carbons (Fsp3) is 0.227. The molecule has 6 unspecified atom stereocenters. The molecule has 5 aromatic heterocycles. The molecule has 0 fully saturated rings. The molecule has 0 aliphatic heterocycles. The molecular formula is C88H84ClF4IrN10O12Pt3-5. The summed E-state index contributed by atoms with van der Waals surface area (Å²) < 4.78 is 77.2. The van der Waals surface area contributed by atoms with E-state index in [1.54, 1.807) is 37.4 Å². The van der Waals surface area contributed by atoms with Crippen molar-refractivity contribution in [2.24, 2.45) is 0 Å². The second kappa shape index (κ2) is 54.5. The average Bonchev–Trinajstić information content (AvgIpc) is 1.36. The number of fused-ring (bicyclic) bond motifs is 4. The van der Waals surface area contributed by atoms with Crippen LogP contribution in [-0.2, 0) is 118 Å². The van der Waals surface area contributed by atoms with Gasteiger partial charge in [0.05, 0.1) is 44.1 Å². The summed E-state index contributed by atoms with van der Waals surface area (Å²) in [6.45, 7) is 7.56. The fourth-order valence-electron chi connectivity index (χ4n) is 10.0. The molecule has 31 heteroatoms. The molecule has 0 amide bonds. The summed E-state index contributed by atoms with van der Waals surface area (Å²) in [5.41, 5.74) is 17.8. The summed E-state index contributed by atoms with van der Waals surface area (Å²) in [6.07, 6.45) is -8.01. The van der Waals surface area contributed by atoms with Crippen LogP contribution in [0.3, 0.4) is 0 Å². The SMILES string of the molecule is COC(O)CC(O)OC.COC(O)CC(O)OC.COC(O)CC(O)OC.Cc1nc2ccccc2nc1-c1[c-]cc(C#N)cc1.Cc1nc2ccccc2nc1-c1[c-]cc(C(F)(F)F)cc1.Cc1nc2ccccc2nc1-c1[c-]cc(Cl)cc1.Cc1nc2ccccc2nc1-c1[c-]cc(F)cc1.[Ir].[Pt].[Pt].[Pt].[c-]1ccccc1-c1ccccn1. The number of benzene rings is 9. The summed E-state index contributed by atoms with van der Waals surface area (Å²) in [7, 11) is 8.13. The van der Waals surface area contributed by atoms with Crippen LogP contribution in [0, 0.1) is 75.2 Å². The molecule has 0 aliphatic carbocycles. The van der Waals surface area contributed by atoms with E-state index in [1.165, 1.54) is 60.9 Å². The van der Waals surface area contributed by atoms with Crippen LogP contribution in [0.15, 0.2) is 219 Å². The Morgan fingerprint density at radius 1 is 0.378 bits per heavy atom. The number of para-hydroxylation sites is 8. The van der Waals surface area contributed by atoms with E-state index in [9.17, 15) is 17.6 Å². The van der Waals surface area contributed by atoms with Gasteiger partial charge in [0.25, 0.3) is 0 Å². The fourth-order valence-corrected chi connectivity index (χ4v) is 10.2. The van der Waals surface area contributed by atoms with E-state index < -0.39 is 49.5 Å². The quantitative estimate of drug-likeness (QED) is 0.0280. The van der Waals surface area contributed by atoms with Crippen molar-refractivity contribution in [3.8, 4) is 62.4 Å². The monoisotopic (exact) mass is 2360 g/mol. The standard InChI is InChI=1S/C16H10F3N2.C16H10N3.C15H10ClN2.C15H10FN2.C11H8N.3C5H12O4.Ir.3Pt/c1-10-15(21-14-5-3-2-4-13(14)20-10)11-6-8-12(9-7-11)16(17,18)19;1-11-16(13-8-6-12(10-17)7-9-13)19-15-5-3-2-4-14(15)18-11;2*1-10-15(11-6-8-12(16)9-7-11)18-14-5-3-2-4-13(14)17-10;1-2-6-10(7-3-1)11-8-4-5-9-12-11;3*1-8-4(6)3-5(7)9-2;;;;/h2-6,8-9H,1H3;2-8H,1H3;2*2-6,8-9H,1H3;1-6,8-9H;3*4-7H,3H2,1-2H3;;;;/q5*-1;;;;;;;. The van der Waals surface area contributed by atoms with Crippen molar-refractivity contribution in [2.45, 2.75) is 90.9 Å². The number of aromatic nitrogens is 9. The Kier molecular flexibility index (Phi) is 47.8. The van der Waals surface area contributed by atoms with Crippen molar-refractivity contribution in [2.75, 3.05) is 42.7 Å². The van der Waals surface area contributed by atoms with Gasteiger partial charge in [0.2, 0.25) is 0 Å². The third-order valence-corrected chi connectivity index (χ3v) is 16.4. The zero-order chi connectivity index (χ0) is 83.4. The molecule has 0 bridgehead atoms. The molecule has 637 valence electrons. The van der Waals surface area contributed by atoms with E-state index in [4.69, 9.17) is 47.5 Å². The van der Waals surface area contributed by atoms with Crippen LogP contribution < -0.4 is 0 Å². The minimum atomic E-state index is -4.36. The van der Waals surface area contributed by atoms with Crippen molar-refractivity contribution in [3.05, 3.63) is 294 Å². The third-order valence-electron chi connectivity index (χ3n) is 16.1. The van der Waals surface area contributed by atoms with E-state index in [0.717, 1.165) is 113 Å². The number of hydrogen-bond acceptors (Lipinski definition) is 22. The summed E-state index contributed by atoms with van der Waals surface area (Å²) >= 11 is 5.87. The predicted octanol–water partition coefficient (Wildman–Crippen LogP) is 15.8. The minimum absolute atomic E-state index is 0. The molecule has 1 radical (unpaired) electrons. The van der Waals surface area contributed by atoms with E-state index in [0.29, 0.717) is 33.1 Å². The smallest absolute Gasteiger partial charge is 0.368 e. The molecule has 9 aromatic carbocycles. The molecule has 0 spiro atoms. The zero-order valence-electron chi connectivity index (χ0n) is 65.6. The first-order chi connectivity index (χ1) is 55.3. The topological polar surface area (TPSA) is 317 Å². The number of rotatable bonds is 17. The minimum Gasteiger partial charge on any atom is -0.368 e. The predicted molar refractivity (Wildman–Crippen MR) is 429 cm³/mol. The van der Waals surface area contributed by atoms with E-state index in [2.05, 4.69) is 110 Å². The zero-order valence-corrected chi connectivity index (χ0v) is 75.6. The second-order valence-corrected chi connectivity index (χ2v) is 24.8. The van der Waals surface area contributed by atoms with Gasteiger partial charge in [-0.1, -0.05) is 60.7 Å². The first-order valence-corrected chi connectivity index (χ1v) is 35.6. The number of ether oxygens (including phenoxy) is 6. The van der Waals surface area contributed by atoms with Crippen LogP contribution in [-0.4, -0.2) is 156 Å². The number of aryl methyl sites for hydroxylation is 4. The summed E-state index contributed by atoms with van der Waals surface area (Å²) in [5.74, 6) is -0.301. The third kappa shape index (κ3) is 34.3. The van der Waals surface area contributed by atoms with Gasteiger partial charge >= 0.3 is 6.18 Å².